The number of thiocarbonyl (C=S) groups is 1. The van der Waals surface area contributed by atoms with Crippen LogP contribution in [0, 0.1) is 6.92 Å². The van der Waals surface area contributed by atoms with E-state index >= 15 is 0 Å². The molecule has 0 radical (unpaired) electrons. The fourth-order valence-electron chi connectivity index (χ4n) is 1.61. The first-order chi connectivity index (χ1) is 9.87. The van der Waals surface area contributed by atoms with Gasteiger partial charge in [0.15, 0.2) is 0 Å². The summed E-state index contributed by atoms with van der Waals surface area (Å²) in [5, 5.41) is 0. The molecule has 0 saturated carbocycles. The van der Waals surface area contributed by atoms with Crippen molar-refractivity contribution in [3.63, 3.8) is 0 Å². The van der Waals surface area contributed by atoms with Crippen molar-refractivity contribution in [3.05, 3.63) is 23.4 Å². The maximum atomic E-state index is 11.5. The van der Waals surface area contributed by atoms with Gasteiger partial charge >= 0.3 is 11.9 Å². The van der Waals surface area contributed by atoms with Gasteiger partial charge in [0.25, 0.3) is 0 Å². The third-order valence-corrected chi connectivity index (χ3v) is 2.88. The molecule has 2 N–H and O–H groups in total. The molecule has 0 fully saturated rings. The molecule has 114 valence electrons. The SMILES string of the molecule is COC(=O)CN(CC(=O)OC)c1cc(C(N)=S)cc(C)n1. The Bertz CT molecular complexity index is 544. The van der Waals surface area contributed by atoms with Gasteiger partial charge in [-0.15, -0.1) is 0 Å². The van der Waals surface area contributed by atoms with Crippen molar-refractivity contribution in [1.82, 2.24) is 4.98 Å². The van der Waals surface area contributed by atoms with Crippen LogP contribution in [-0.2, 0) is 19.1 Å². The van der Waals surface area contributed by atoms with E-state index in [1.165, 1.54) is 19.1 Å². The predicted octanol–water partition coefficient (Wildman–Crippen LogP) is 0.177. The molecule has 0 amide bonds. The molecule has 0 unspecified atom stereocenters. The first-order valence-electron chi connectivity index (χ1n) is 6.04. The fraction of sp³-hybridized carbons (Fsp3) is 0.385. The van der Waals surface area contributed by atoms with Crippen LogP contribution in [0.25, 0.3) is 0 Å². The van der Waals surface area contributed by atoms with E-state index in [2.05, 4.69) is 14.5 Å². The molecule has 0 saturated heterocycles. The molecule has 1 aromatic rings. The van der Waals surface area contributed by atoms with Crippen LogP contribution in [-0.4, -0.2) is 49.2 Å². The number of pyridine rings is 1. The van der Waals surface area contributed by atoms with E-state index in [0.717, 1.165) is 0 Å². The second-order valence-corrected chi connectivity index (χ2v) is 4.67. The van der Waals surface area contributed by atoms with E-state index in [0.29, 0.717) is 17.1 Å². The van der Waals surface area contributed by atoms with Gasteiger partial charge in [-0.25, -0.2) is 4.98 Å². The Morgan fingerprint density at radius 2 is 1.76 bits per heavy atom. The molecule has 7 nitrogen and oxygen atoms in total. The Morgan fingerprint density at radius 1 is 1.24 bits per heavy atom. The Morgan fingerprint density at radius 3 is 2.19 bits per heavy atom. The smallest absolute Gasteiger partial charge is 0.325 e. The number of rotatable bonds is 6. The minimum Gasteiger partial charge on any atom is -0.468 e. The highest BCUT2D eigenvalue weighted by atomic mass is 32.1. The number of anilines is 1. The van der Waals surface area contributed by atoms with Gasteiger partial charge in [0, 0.05) is 11.3 Å². The molecule has 0 aromatic carbocycles. The molecule has 0 spiro atoms. The Balaban J connectivity index is 3.14. The second-order valence-electron chi connectivity index (χ2n) is 4.23. The number of methoxy groups -OCH3 is 2. The molecule has 0 aliphatic rings. The van der Waals surface area contributed by atoms with E-state index in [1.54, 1.807) is 19.1 Å². The second kappa shape index (κ2) is 7.53. The summed E-state index contributed by atoms with van der Waals surface area (Å²) >= 11 is 4.94. The summed E-state index contributed by atoms with van der Waals surface area (Å²) in [6.07, 6.45) is 0. The van der Waals surface area contributed by atoms with Crippen LogP contribution in [0.1, 0.15) is 11.3 Å². The minimum atomic E-state index is -0.501. The van der Waals surface area contributed by atoms with Crippen molar-refractivity contribution < 1.29 is 19.1 Å². The Kier molecular flexibility index (Phi) is 6.04. The van der Waals surface area contributed by atoms with Gasteiger partial charge in [0.05, 0.1) is 14.2 Å². The molecule has 0 aliphatic heterocycles. The highest BCUT2D eigenvalue weighted by Crippen LogP contribution is 2.15. The van der Waals surface area contributed by atoms with Gasteiger partial charge in [-0.05, 0) is 19.1 Å². The van der Waals surface area contributed by atoms with Crippen LogP contribution in [0.5, 0.6) is 0 Å². The number of hydrogen-bond acceptors (Lipinski definition) is 7. The fourth-order valence-corrected chi connectivity index (χ4v) is 1.73. The number of hydrogen-bond donors (Lipinski definition) is 1. The van der Waals surface area contributed by atoms with Crippen molar-refractivity contribution >= 4 is 35.0 Å². The average molecular weight is 311 g/mol. The summed E-state index contributed by atoms with van der Waals surface area (Å²) in [6.45, 7) is 1.48. The van der Waals surface area contributed by atoms with Gasteiger partial charge in [-0.3, -0.25) is 9.59 Å². The van der Waals surface area contributed by atoms with Gasteiger partial charge in [0.2, 0.25) is 0 Å². The standard InChI is InChI=1S/C13H17N3O4S/c1-8-4-9(13(14)21)5-10(15-8)16(6-11(17)19-2)7-12(18)20-3/h4-5H,6-7H2,1-3H3,(H2,14,21). The number of aromatic nitrogens is 1. The molecule has 0 atom stereocenters. The Hall–Kier alpha value is -2.22. The first kappa shape index (κ1) is 16.8. The molecule has 21 heavy (non-hydrogen) atoms. The van der Waals surface area contributed by atoms with E-state index < -0.39 is 11.9 Å². The lowest BCUT2D eigenvalue weighted by molar-refractivity contribution is -0.140. The van der Waals surface area contributed by atoms with E-state index in [-0.39, 0.29) is 18.1 Å². The number of carbonyl (C=O) groups is 2. The lowest BCUT2D eigenvalue weighted by Crippen LogP contribution is -2.36. The van der Waals surface area contributed by atoms with Gasteiger partial charge in [0.1, 0.15) is 23.9 Å². The van der Waals surface area contributed by atoms with E-state index in [1.807, 2.05) is 0 Å². The quantitative estimate of drug-likeness (QED) is 0.587. The van der Waals surface area contributed by atoms with Crippen LogP contribution in [0.2, 0.25) is 0 Å². The van der Waals surface area contributed by atoms with Crippen molar-refractivity contribution in [1.29, 1.82) is 0 Å². The largest absolute Gasteiger partial charge is 0.468 e. The number of aryl methyl sites for hydroxylation is 1. The minimum absolute atomic E-state index is 0.140. The molecular weight excluding hydrogens is 294 g/mol. The van der Waals surface area contributed by atoms with Crippen LogP contribution in [0.4, 0.5) is 5.82 Å². The molecular formula is C13H17N3O4S. The zero-order chi connectivity index (χ0) is 16.0. The van der Waals surface area contributed by atoms with Gasteiger partial charge in [-0.1, -0.05) is 12.2 Å². The van der Waals surface area contributed by atoms with E-state index in [4.69, 9.17) is 18.0 Å². The molecule has 0 bridgehead atoms. The van der Waals surface area contributed by atoms with Crippen LogP contribution < -0.4 is 10.6 Å². The maximum Gasteiger partial charge on any atom is 0.325 e. The van der Waals surface area contributed by atoms with Gasteiger partial charge in [-0.2, -0.15) is 0 Å². The van der Waals surface area contributed by atoms with Crippen molar-refractivity contribution in [2.24, 2.45) is 5.73 Å². The molecule has 8 heteroatoms. The van der Waals surface area contributed by atoms with Crippen LogP contribution >= 0.6 is 12.2 Å². The van der Waals surface area contributed by atoms with Crippen LogP contribution in [0.15, 0.2) is 12.1 Å². The lowest BCUT2D eigenvalue weighted by atomic mass is 10.2. The normalized spacial score (nSPS) is 9.86. The lowest BCUT2D eigenvalue weighted by Gasteiger charge is -2.22. The highest BCUT2D eigenvalue weighted by Gasteiger charge is 2.18. The summed E-state index contributed by atoms with van der Waals surface area (Å²) in [5.74, 6) is -0.605. The summed E-state index contributed by atoms with van der Waals surface area (Å²) in [7, 11) is 2.53. The van der Waals surface area contributed by atoms with Crippen LogP contribution in [0.3, 0.4) is 0 Å². The summed E-state index contributed by atoms with van der Waals surface area (Å²) in [5.41, 5.74) is 6.87. The Labute approximate surface area is 128 Å². The zero-order valence-corrected chi connectivity index (χ0v) is 12.9. The molecule has 1 rings (SSSR count). The summed E-state index contributed by atoms with van der Waals surface area (Å²) in [4.78, 5) is 28.9. The predicted molar refractivity (Wildman–Crippen MR) is 81.1 cm³/mol. The van der Waals surface area contributed by atoms with Gasteiger partial charge < -0.3 is 20.1 Å². The third kappa shape index (κ3) is 4.99. The zero-order valence-electron chi connectivity index (χ0n) is 12.1. The number of nitrogens with zero attached hydrogens (tertiary/aromatic N) is 2. The first-order valence-corrected chi connectivity index (χ1v) is 6.45. The average Bonchev–Trinajstić information content (AvgIpc) is 2.45. The number of nitrogens with two attached hydrogens (primary N) is 1. The summed E-state index contributed by atoms with van der Waals surface area (Å²) < 4.78 is 9.23. The number of ether oxygens (including phenoxy) is 2. The van der Waals surface area contributed by atoms with Crippen molar-refractivity contribution in [3.8, 4) is 0 Å². The van der Waals surface area contributed by atoms with E-state index in [9.17, 15) is 9.59 Å². The highest BCUT2D eigenvalue weighted by molar-refractivity contribution is 7.80. The molecule has 0 aliphatic carbocycles. The monoisotopic (exact) mass is 311 g/mol. The van der Waals surface area contributed by atoms with Crippen molar-refractivity contribution in [2.45, 2.75) is 6.92 Å². The third-order valence-electron chi connectivity index (χ3n) is 2.64. The maximum absolute atomic E-state index is 11.5. The summed E-state index contributed by atoms with van der Waals surface area (Å²) in [6, 6.07) is 3.33. The number of esters is 2. The molecule has 1 aromatic heterocycles. The number of carbonyl (C=O) groups excluding carboxylic acids is 2. The van der Waals surface area contributed by atoms with Crippen molar-refractivity contribution in [2.75, 3.05) is 32.2 Å². The topological polar surface area (TPSA) is 94.8 Å². The molecule has 1 heterocycles.